The van der Waals surface area contributed by atoms with Gasteiger partial charge in [-0.25, -0.2) is 19.2 Å². The molecule has 0 radical (unpaired) electrons. The summed E-state index contributed by atoms with van der Waals surface area (Å²) in [7, 11) is 1.47. The maximum atomic E-state index is 12.1. The highest BCUT2D eigenvalue weighted by molar-refractivity contribution is 5.74. The lowest BCUT2D eigenvalue weighted by molar-refractivity contribution is -0.140. The van der Waals surface area contributed by atoms with Crippen LogP contribution in [0.4, 0.5) is 0 Å². The number of benzene rings is 4. The van der Waals surface area contributed by atoms with Crippen molar-refractivity contribution >= 4 is 34.1 Å². The zero-order valence-electron chi connectivity index (χ0n) is 26.7. The number of rotatable bonds is 11. The standard InChI is InChI=1S/C18H17NO6.C17H15NO6/c1-11-3-5-14-13(7-11)19(18(22)25-14)9-12-4-6-15(16(8-12)23-2)24-10-17(20)21;1-10-2-4-14-12(6-10)18(17(22)24-14)8-11-3-5-15(13(19)7-11)23-9-16(20)21/h3-8H,9-10H2,1-2H3,(H,20,21);2-7,19H,8-9H2,1H3,(H,20,21). The second-order valence-electron chi connectivity index (χ2n) is 11.0. The van der Waals surface area contributed by atoms with Gasteiger partial charge in [0.25, 0.3) is 0 Å². The maximum Gasteiger partial charge on any atom is 0.420 e. The van der Waals surface area contributed by atoms with Gasteiger partial charge >= 0.3 is 23.5 Å². The second kappa shape index (κ2) is 14.5. The Morgan fingerprint density at radius 1 is 0.653 bits per heavy atom. The van der Waals surface area contributed by atoms with Gasteiger partial charge in [-0.15, -0.1) is 0 Å². The number of phenols is 1. The van der Waals surface area contributed by atoms with E-state index in [1.54, 1.807) is 36.4 Å². The third-order valence-electron chi connectivity index (χ3n) is 7.28. The number of nitrogens with zero attached hydrogens (tertiary/aromatic N) is 2. The van der Waals surface area contributed by atoms with Crippen molar-refractivity contribution in [3.63, 3.8) is 0 Å². The number of aromatic hydroxyl groups is 1. The van der Waals surface area contributed by atoms with Gasteiger partial charge in [0.15, 0.2) is 47.4 Å². The van der Waals surface area contributed by atoms with Gasteiger partial charge in [0, 0.05) is 0 Å². The normalized spacial score (nSPS) is 10.8. The van der Waals surface area contributed by atoms with Crippen molar-refractivity contribution < 1.29 is 48.0 Å². The SMILES string of the molecule is COc1cc(Cn2c(=O)oc3ccc(C)cc32)ccc1OCC(=O)O.Cc1ccc2oc(=O)n(Cc3ccc(OCC(=O)O)c(O)c3)c2c1. The molecule has 14 heteroatoms. The summed E-state index contributed by atoms with van der Waals surface area (Å²) in [4.78, 5) is 45.3. The van der Waals surface area contributed by atoms with E-state index in [4.69, 9.17) is 33.3 Å². The molecule has 6 rings (SSSR count). The van der Waals surface area contributed by atoms with Crippen LogP contribution in [0, 0.1) is 13.8 Å². The number of phenolic OH excluding ortho intramolecular Hbond substituents is 1. The summed E-state index contributed by atoms with van der Waals surface area (Å²) in [6.07, 6.45) is 0. The molecule has 0 aliphatic rings. The molecule has 49 heavy (non-hydrogen) atoms. The van der Waals surface area contributed by atoms with Gasteiger partial charge in [-0.05, 0) is 84.6 Å². The predicted octanol–water partition coefficient (Wildman–Crippen LogP) is 4.54. The van der Waals surface area contributed by atoms with E-state index in [0.717, 1.165) is 22.2 Å². The second-order valence-corrected chi connectivity index (χ2v) is 11.0. The molecule has 14 nitrogen and oxygen atoms in total. The summed E-state index contributed by atoms with van der Waals surface area (Å²) in [5, 5.41) is 27.2. The van der Waals surface area contributed by atoms with E-state index >= 15 is 0 Å². The quantitative estimate of drug-likeness (QED) is 0.174. The van der Waals surface area contributed by atoms with Crippen molar-refractivity contribution in [1.82, 2.24) is 9.13 Å². The summed E-state index contributed by atoms with van der Waals surface area (Å²) in [6.45, 7) is 3.37. The van der Waals surface area contributed by atoms with Crippen LogP contribution in [-0.4, -0.2) is 56.7 Å². The van der Waals surface area contributed by atoms with Gasteiger partial charge < -0.3 is 38.4 Å². The fourth-order valence-corrected chi connectivity index (χ4v) is 5.00. The van der Waals surface area contributed by atoms with Crippen molar-refractivity contribution in [3.8, 4) is 23.0 Å². The lowest BCUT2D eigenvalue weighted by Crippen LogP contribution is -2.15. The summed E-state index contributed by atoms with van der Waals surface area (Å²) < 4.78 is 28.8. The average Bonchev–Trinajstić information content (AvgIpc) is 3.53. The number of methoxy groups -OCH3 is 1. The Kier molecular flexibility index (Phi) is 10.1. The first-order chi connectivity index (χ1) is 23.4. The molecule has 2 aromatic heterocycles. The molecule has 0 unspecified atom stereocenters. The van der Waals surface area contributed by atoms with Crippen LogP contribution in [0.3, 0.4) is 0 Å². The number of carbonyl (C=O) groups is 2. The van der Waals surface area contributed by atoms with Crippen molar-refractivity contribution in [2.75, 3.05) is 20.3 Å². The van der Waals surface area contributed by atoms with Gasteiger partial charge in [-0.3, -0.25) is 9.13 Å². The molecule has 0 amide bonds. The number of fused-ring (bicyclic) bond motifs is 2. The first kappa shape index (κ1) is 33.9. The number of oxazole rings is 2. The van der Waals surface area contributed by atoms with Crippen molar-refractivity contribution in [1.29, 1.82) is 0 Å². The predicted molar refractivity (Wildman–Crippen MR) is 176 cm³/mol. The Morgan fingerprint density at radius 2 is 1.12 bits per heavy atom. The molecule has 6 aromatic rings. The van der Waals surface area contributed by atoms with E-state index in [2.05, 4.69) is 0 Å². The van der Waals surface area contributed by atoms with Crippen LogP contribution in [-0.2, 0) is 22.7 Å². The molecule has 0 saturated carbocycles. The zero-order valence-corrected chi connectivity index (χ0v) is 26.7. The first-order valence-corrected chi connectivity index (χ1v) is 14.8. The highest BCUT2D eigenvalue weighted by atomic mass is 16.5. The molecule has 0 aliphatic carbocycles. The smallest absolute Gasteiger partial charge is 0.420 e. The minimum atomic E-state index is -1.13. The molecule has 0 saturated heterocycles. The highest BCUT2D eigenvalue weighted by Crippen LogP contribution is 2.29. The number of aliphatic carboxylic acids is 2. The summed E-state index contributed by atoms with van der Waals surface area (Å²) in [5.74, 6) is -2.52. The lowest BCUT2D eigenvalue weighted by Gasteiger charge is -2.11. The fourth-order valence-electron chi connectivity index (χ4n) is 5.00. The number of carboxylic acid groups (broad SMARTS) is 2. The molecule has 0 aliphatic heterocycles. The third-order valence-corrected chi connectivity index (χ3v) is 7.28. The number of carboxylic acids is 2. The highest BCUT2D eigenvalue weighted by Gasteiger charge is 2.14. The van der Waals surface area contributed by atoms with Crippen LogP contribution in [0.2, 0.25) is 0 Å². The van der Waals surface area contributed by atoms with Crippen LogP contribution < -0.4 is 25.7 Å². The monoisotopic (exact) mass is 672 g/mol. The van der Waals surface area contributed by atoms with E-state index in [9.17, 15) is 24.3 Å². The Balaban J connectivity index is 0.000000191. The van der Waals surface area contributed by atoms with Crippen molar-refractivity contribution in [2.45, 2.75) is 26.9 Å². The Labute approximate surface area is 277 Å². The zero-order chi connectivity index (χ0) is 35.2. The molecule has 0 fully saturated rings. The van der Waals surface area contributed by atoms with Crippen LogP contribution >= 0.6 is 0 Å². The number of ether oxygens (including phenoxy) is 3. The number of hydrogen-bond donors (Lipinski definition) is 3. The van der Waals surface area contributed by atoms with Gasteiger partial charge in [0.2, 0.25) is 0 Å². The van der Waals surface area contributed by atoms with Crippen LogP contribution in [0.1, 0.15) is 22.3 Å². The molecule has 2 heterocycles. The lowest BCUT2D eigenvalue weighted by atomic mass is 10.2. The van der Waals surface area contributed by atoms with Gasteiger partial charge in [-0.1, -0.05) is 24.3 Å². The van der Waals surface area contributed by atoms with Crippen LogP contribution in [0.25, 0.3) is 22.2 Å². The van der Waals surface area contributed by atoms with Crippen molar-refractivity contribution in [3.05, 3.63) is 116 Å². The minimum absolute atomic E-state index is 0.0707. The largest absolute Gasteiger partial charge is 0.504 e. The number of aryl methyl sites for hydroxylation is 2. The topological polar surface area (TPSA) is 193 Å². The molecule has 0 atom stereocenters. The number of hydrogen-bond acceptors (Lipinski definition) is 10. The van der Waals surface area contributed by atoms with E-state index in [1.807, 2.05) is 38.1 Å². The minimum Gasteiger partial charge on any atom is -0.504 e. The molecular weight excluding hydrogens is 640 g/mol. The van der Waals surface area contributed by atoms with E-state index in [0.29, 0.717) is 40.3 Å². The molecule has 0 spiro atoms. The van der Waals surface area contributed by atoms with Crippen LogP contribution in [0.5, 0.6) is 23.0 Å². The summed E-state index contributed by atoms with van der Waals surface area (Å²) >= 11 is 0. The molecule has 0 bridgehead atoms. The molecular formula is C35H32N2O12. The average molecular weight is 673 g/mol. The van der Waals surface area contributed by atoms with E-state index < -0.39 is 36.7 Å². The fraction of sp³-hybridized carbons (Fsp3) is 0.200. The van der Waals surface area contributed by atoms with Crippen molar-refractivity contribution in [2.24, 2.45) is 0 Å². The molecule has 4 aromatic carbocycles. The van der Waals surface area contributed by atoms with Gasteiger partial charge in [0.1, 0.15) is 0 Å². The van der Waals surface area contributed by atoms with Crippen LogP contribution in [0.15, 0.2) is 91.2 Å². The van der Waals surface area contributed by atoms with E-state index in [1.165, 1.54) is 28.4 Å². The number of aromatic nitrogens is 2. The summed E-state index contributed by atoms with van der Waals surface area (Å²) in [5.41, 5.74) is 5.89. The Hall–Kier alpha value is -6.44. The van der Waals surface area contributed by atoms with E-state index in [-0.39, 0.29) is 18.0 Å². The molecule has 254 valence electrons. The summed E-state index contributed by atoms with van der Waals surface area (Å²) in [6, 6.07) is 20.6. The van der Waals surface area contributed by atoms with Gasteiger partial charge in [-0.2, -0.15) is 0 Å². The Morgan fingerprint density at radius 3 is 1.59 bits per heavy atom. The first-order valence-electron chi connectivity index (χ1n) is 14.8. The maximum absolute atomic E-state index is 12.1. The Bertz CT molecular complexity index is 2270. The third kappa shape index (κ3) is 8.11. The van der Waals surface area contributed by atoms with Gasteiger partial charge in [0.05, 0.1) is 31.2 Å². The molecule has 3 N–H and O–H groups in total.